The van der Waals surface area contributed by atoms with Gasteiger partial charge in [0.05, 0.1) is 6.04 Å². The van der Waals surface area contributed by atoms with Crippen LogP contribution in [-0.2, 0) is 0 Å². The van der Waals surface area contributed by atoms with Crippen LogP contribution in [0.15, 0.2) is 11.4 Å². The van der Waals surface area contributed by atoms with Crippen LogP contribution in [0.1, 0.15) is 16.5 Å². The number of thiophene rings is 1. The van der Waals surface area contributed by atoms with E-state index in [2.05, 4.69) is 42.7 Å². The van der Waals surface area contributed by atoms with Gasteiger partial charge in [-0.3, -0.25) is 0 Å². The zero-order valence-electron chi connectivity index (χ0n) is 8.79. The summed E-state index contributed by atoms with van der Waals surface area (Å²) in [5.41, 5.74) is 1.40. The number of nitrogens with zero attached hydrogens (tertiary/aromatic N) is 1. The molecule has 1 aromatic heterocycles. The van der Waals surface area contributed by atoms with Crippen molar-refractivity contribution in [2.24, 2.45) is 0 Å². The van der Waals surface area contributed by atoms with E-state index in [1.807, 2.05) is 18.4 Å². The van der Waals surface area contributed by atoms with E-state index in [0.29, 0.717) is 6.04 Å². The zero-order valence-corrected chi connectivity index (χ0v) is 9.61. The van der Waals surface area contributed by atoms with Crippen LogP contribution in [0.25, 0.3) is 0 Å². The summed E-state index contributed by atoms with van der Waals surface area (Å²) < 4.78 is 0. The summed E-state index contributed by atoms with van der Waals surface area (Å²) >= 11 is 1.84. The molecule has 13 heavy (non-hydrogen) atoms. The summed E-state index contributed by atoms with van der Waals surface area (Å²) in [7, 11) is 6.25. The molecule has 0 saturated heterocycles. The standard InChI is InChI=1S/C10H18N2S/c1-8-5-6-13-10(8)9(7-11-2)12(3)4/h5-6,9,11H,7H2,1-4H3. The first kappa shape index (κ1) is 10.7. The van der Waals surface area contributed by atoms with Crippen LogP contribution in [0.3, 0.4) is 0 Å². The zero-order chi connectivity index (χ0) is 9.84. The number of aryl methyl sites for hydroxylation is 1. The summed E-state index contributed by atoms with van der Waals surface area (Å²) in [6, 6.07) is 2.69. The topological polar surface area (TPSA) is 15.3 Å². The minimum Gasteiger partial charge on any atom is -0.318 e. The van der Waals surface area contributed by atoms with Crippen LogP contribution in [0.5, 0.6) is 0 Å². The maximum absolute atomic E-state index is 3.23. The van der Waals surface area contributed by atoms with Gasteiger partial charge in [-0.05, 0) is 45.1 Å². The molecule has 1 atom stereocenters. The molecule has 1 unspecified atom stereocenters. The Hall–Kier alpha value is -0.380. The normalized spacial score (nSPS) is 13.6. The molecule has 74 valence electrons. The third-order valence-electron chi connectivity index (χ3n) is 2.23. The van der Waals surface area contributed by atoms with E-state index >= 15 is 0 Å². The second-order valence-corrected chi connectivity index (χ2v) is 4.45. The van der Waals surface area contributed by atoms with Crippen LogP contribution < -0.4 is 5.32 Å². The smallest absolute Gasteiger partial charge is 0.0564 e. The van der Waals surface area contributed by atoms with Crippen molar-refractivity contribution in [3.05, 3.63) is 21.9 Å². The van der Waals surface area contributed by atoms with Gasteiger partial charge in [-0.1, -0.05) is 0 Å². The van der Waals surface area contributed by atoms with Gasteiger partial charge < -0.3 is 10.2 Å². The van der Waals surface area contributed by atoms with Gasteiger partial charge in [-0.25, -0.2) is 0 Å². The molecule has 0 bridgehead atoms. The van der Waals surface area contributed by atoms with Crippen LogP contribution in [-0.4, -0.2) is 32.6 Å². The first-order valence-electron chi connectivity index (χ1n) is 4.51. The highest BCUT2D eigenvalue weighted by Crippen LogP contribution is 2.26. The maximum Gasteiger partial charge on any atom is 0.0564 e. The molecule has 1 rings (SSSR count). The van der Waals surface area contributed by atoms with Gasteiger partial charge in [0, 0.05) is 11.4 Å². The van der Waals surface area contributed by atoms with Gasteiger partial charge in [-0.15, -0.1) is 11.3 Å². The minimum absolute atomic E-state index is 0.505. The highest BCUT2D eigenvalue weighted by molar-refractivity contribution is 7.10. The third-order valence-corrected chi connectivity index (χ3v) is 3.35. The molecule has 2 nitrogen and oxygen atoms in total. The number of hydrogen-bond acceptors (Lipinski definition) is 3. The van der Waals surface area contributed by atoms with Crippen molar-refractivity contribution in [3.8, 4) is 0 Å². The summed E-state index contributed by atoms with van der Waals surface area (Å²) in [4.78, 5) is 3.73. The first-order valence-corrected chi connectivity index (χ1v) is 5.39. The van der Waals surface area contributed by atoms with E-state index in [-0.39, 0.29) is 0 Å². The lowest BCUT2D eigenvalue weighted by Crippen LogP contribution is -2.28. The Labute approximate surface area is 84.6 Å². The molecule has 0 aliphatic rings. The maximum atomic E-state index is 3.23. The van der Waals surface area contributed by atoms with Crippen molar-refractivity contribution in [2.45, 2.75) is 13.0 Å². The molecule has 0 saturated carbocycles. The Morgan fingerprint density at radius 2 is 2.23 bits per heavy atom. The molecule has 1 aromatic rings. The average molecular weight is 198 g/mol. The summed E-state index contributed by atoms with van der Waals surface area (Å²) in [5.74, 6) is 0. The first-order chi connectivity index (χ1) is 6.16. The lowest BCUT2D eigenvalue weighted by Gasteiger charge is -2.23. The lowest BCUT2D eigenvalue weighted by atomic mass is 10.1. The number of nitrogens with one attached hydrogen (secondary N) is 1. The SMILES string of the molecule is CNCC(c1sccc1C)N(C)C. The summed E-state index contributed by atoms with van der Waals surface area (Å²) in [6.45, 7) is 3.19. The van der Waals surface area contributed by atoms with Gasteiger partial charge in [0.25, 0.3) is 0 Å². The van der Waals surface area contributed by atoms with E-state index in [0.717, 1.165) is 6.54 Å². The van der Waals surface area contributed by atoms with E-state index < -0.39 is 0 Å². The van der Waals surface area contributed by atoms with E-state index in [1.54, 1.807) is 0 Å². The number of hydrogen-bond donors (Lipinski definition) is 1. The van der Waals surface area contributed by atoms with Crippen molar-refractivity contribution in [1.82, 2.24) is 10.2 Å². The third kappa shape index (κ3) is 2.53. The Morgan fingerprint density at radius 3 is 2.62 bits per heavy atom. The largest absolute Gasteiger partial charge is 0.318 e. The molecule has 0 fully saturated rings. The monoisotopic (exact) mass is 198 g/mol. The Kier molecular flexibility index (Phi) is 3.90. The fourth-order valence-electron chi connectivity index (χ4n) is 1.43. The molecular weight excluding hydrogens is 180 g/mol. The predicted molar refractivity (Wildman–Crippen MR) is 59.4 cm³/mol. The molecule has 0 radical (unpaired) electrons. The van der Waals surface area contributed by atoms with Crippen molar-refractivity contribution in [2.75, 3.05) is 27.7 Å². The molecule has 0 spiro atoms. The van der Waals surface area contributed by atoms with E-state index in [4.69, 9.17) is 0 Å². The van der Waals surface area contributed by atoms with E-state index in [9.17, 15) is 0 Å². The minimum atomic E-state index is 0.505. The van der Waals surface area contributed by atoms with Gasteiger partial charge in [0.15, 0.2) is 0 Å². The average Bonchev–Trinajstić information content (AvgIpc) is 2.47. The highest BCUT2D eigenvalue weighted by Gasteiger charge is 2.15. The Bertz CT molecular complexity index is 255. The van der Waals surface area contributed by atoms with Crippen LogP contribution in [0.4, 0.5) is 0 Å². The van der Waals surface area contributed by atoms with Gasteiger partial charge in [0.2, 0.25) is 0 Å². The number of rotatable bonds is 4. The second kappa shape index (κ2) is 4.74. The number of likely N-dealkylation sites (N-methyl/N-ethyl adjacent to an activating group) is 2. The molecular formula is C10H18N2S. The molecule has 0 aliphatic carbocycles. The quantitative estimate of drug-likeness (QED) is 0.794. The Morgan fingerprint density at radius 1 is 1.54 bits per heavy atom. The Balaban J connectivity index is 2.82. The second-order valence-electron chi connectivity index (χ2n) is 3.50. The molecule has 0 aromatic carbocycles. The van der Waals surface area contributed by atoms with Crippen molar-refractivity contribution in [1.29, 1.82) is 0 Å². The fraction of sp³-hybridized carbons (Fsp3) is 0.600. The molecule has 0 aliphatic heterocycles. The van der Waals surface area contributed by atoms with Crippen molar-refractivity contribution < 1.29 is 0 Å². The predicted octanol–water partition coefficient (Wildman–Crippen LogP) is 1.88. The molecule has 1 heterocycles. The molecule has 0 amide bonds. The van der Waals surface area contributed by atoms with Crippen LogP contribution in [0, 0.1) is 6.92 Å². The molecule has 1 N–H and O–H groups in total. The van der Waals surface area contributed by atoms with Gasteiger partial charge in [-0.2, -0.15) is 0 Å². The molecule has 3 heteroatoms. The van der Waals surface area contributed by atoms with Crippen LogP contribution >= 0.6 is 11.3 Å². The summed E-state index contributed by atoms with van der Waals surface area (Å²) in [5, 5.41) is 5.39. The van der Waals surface area contributed by atoms with Gasteiger partial charge >= 0.3 is 0 Å². The fourth-order valence-corrected chi connectivity index (χ4v) is 2.55. The van der Waals surface area contributed by atoms with Crippen molar-refractivity contribution in [3.63, 3.8) is 0 Å². The highest BCUT2D eigenvalue weighted by atomic mass is 32.1. The van der Waals surface area contributed by atoms with Crippen molar-refractivity contribution >= 4 is 11.3 Å². The summed E-state index contributed by atoms with van der Waals surface area (Å²) in [6.07, 6.45) is 0. The van der Waals surface area contributed by atoms with Gasteiger partial charge in [0.1, 0.15) is 0 Å². The lowest BCUT2D eigenvalue weighted by molar-refractivity contribution is 0.297. The van der Waals surface area contributed by atoms with Crippen LogP contribution in [0.2, 0.25) is 0 Å². The van der Waals surface area contributed by atoms with E-state index in [1.165, 1.54) is 10.4 Å².